The number of carbonyl (C=O) groups is 2. The topological polar surface area (TPSA) is 75.6 Å². The summed E-state index contributed by atoms with van der Waals surface area (Å²) in [6.45, 7) is 3.55. The Morgan fingerprint density at radius 1 is 0.938 bits per heavy atom. The number of aliphatic hydroxyl groups excluding tert-OH is 1. The van der Waals surface area contributed by atoms with Crippen molar-refractivity contribution in [2.45, 2.75) is 103 Å². The van der Waals surface area contributed by atoms with E-state index in [1.807, 2.05) is 12.1 Å². The zero-order valence-corrected chi connectivity index (χ0v) is 20.1. The molecule has 2 atom stereocenters. The van der Waals surface area contributed by atoms with Gasteiger partial charge in [-0.25, -0.2) is 4.79 Å². The predicted molar refractivity (Wildman–Crippen MR) is 131 cm³/mol. The van der Waals surface area contributed by atoms with Crippen molar-refractivity contribution >= 4 is 11.9 Å². The van der Waals surface area contributed by atoms with Crippen molar-refractivity contribution < 1.29 is 19.4 Å². The SMILES string of the molecule is CCCCCCCCCCCCCC=CC(O)C(COC(=O)c1ccccc1)NC(C)=O. The first-order valence-electron chi connectivity index (χ1n) is 12.4. The highest BCUT2D eigenvalue weighted by Crippen LogP contribution is 2.12. The van der Waals surface area contributed by atoms with Crippen LogP contribution in [0.5, 0.6) is 0 Å². The summed E-state index contributed by atoms with van der Waals surface area (Å²) in [5.41, 5.74) is 0.440. The zero-order chi connectivity index (χ0) is 23.4. The maximum Gasteiger partial charge on any atom is 0.338 e. The molecule has 0 saturated carbocycles. The zero-order valence-electron chi connectivity index (χ0n) is 20.1. The Kier molecular flexibility index (Phi) is 16.1. The van der Waals surface area contributed by atoms with Gasteiger partial charge in [0.25, 0.3) is 0 Å². The first-order valence-corrected chi connectivity index (χ1v) is 12.4. The summed E-state index contributed by atoms with van der Waals surface area (Å²) in [7, 11) is 0. The molecule has 1 aromatic carbocycles. The molecule has 32 heavy (non-hydrogen) atoms. The van der Waals surface area contributed by atoms with E-state index in [1.165, 1.54) is 71.1 Å². The van der Waals surface area contributed by atoms with Crippen LogP contribution in [0.25, 0.3) is 0 Å². The fourth-order valence-electron chi connectivity index (χ4n) is 3.61. The van der Waals surface area contributed by atoms with Crippen LogP contribution in [0.2, 0.25) is 0 Å². The Morgan fingerprint density at radius 2 is 1.50 bits per heavy atom. The van der Waals surface area contributed by atoms with Gasteiger partial charge in [-0.15, -0.1) is 0 Å². The summed E-state index contributed by atoms with van der Waals surface area (Å²) in [6, 6.07) is 8.00. The van der Waals surface area contributed by atoms with Gasteiger partial charge in [0.15, 0.2) is 0 Å². The molecule has 1 aromatic rings. The van der Waals surface area contributed by atoms with Gasteiger partial charge in [-0.1, -0.05) is 101 Å². The Hall–Kier alpha value is -2.14. The molecule has 0 spiro atoms. The quantitative estimate of drug-likeness (QED) is 0.166. The molecule has 0 heterocycles. The molecule has 0 aromatic heterocycles. The Morgan fingerprint density at radius 3 is 2.06 bits per heavy atom. The summed E-state index contributed by atoms with van der Waals surface area (Å²) >= 11 is 0. The first kappa shape index (κ1) is 27.9. The van der Waals surface area contributed by atoms with Gasteiger partial charge in [-0.3, -0.25) is 4.79 Å². The van der Waals surface area contributed by atoms with Gasteiger partial charge < -0.3 is 15.2 Å². The molecule has 2 unspecified atom stereocenters. The molecular weight excluding hydrogens is 402 g/mol. The number of rotatable bonds is 18. The molecule has 0 bridgehead atoms. The molecule has 0 aliphatic rings. The monoisotopic (exact) mass is 445 g/mol. The second kappa shape index (κ2) is 18.4. The van der Waals surface area contributed by atoms with Gasteiger partial charge in [0.1, 0.15) is 6.61 Å². The standard InChI is InChI=1S/C27H43NO4/c1-3-4-5-6-7-8-9-10-11-12-13-14-18-21-26(30)25(28-23(2)29)22-32-27(31)24-19-16-15-17-20-24/h15-21,25-26,30H,3-14,22H2,1-2H3,(H,28,29). The van der Waals surface area contributed by atoms with E-state index in [9.17, 15) is 14.7 Å². The molecule has 5 heteroatoms. The van der Waals surface area contributed by atoms with Crippen LogP contribution in [-0.2, 0) is 9.53 Å². The number of amides is 1. The van der Waals surface area contributed by atoms with E-state index in [4.69, 9.17) is 4.74 Å². The van der Waals surface area contributed by atoms with Gasteiger partial charge in [-0.2, -0.15) is 0 Å². The molecule has 1 rings (SSSR count). The number of unbranched alkanes of at least 4 members (excludes halogenated alkanes) is 11. The van der Waals surface area contributed by atoms with Crippen molar-refractivity contribution in [3.63, 3.8) is 0 Å². The van der Waals surface area contributed by atoms with Crippen LogP contribution in [0.1, 0.15) is 101 Å². The number of benzene rings is 1. The molecule has 0 aliphatic carbocycles. The van der Waals surface area contributed by atoms with E-state index in [-0.39, 0.29) is 12.5 Å². The van der Waals surface area contributed by atoms with Crippen molar-refractivity contribution in [2.75, 3.05) is 6.61 Å². The number of carbonyl (C=O) groups excluding carboxylic acids is 2. The minimum atomic E-state index is -0.907. The summed E-state index contributed by atoms with van der Waals surface area (Å²) in [5.74, 6) is -0.748. The maximum atomic E-state index is 12.1. The number of allylic oxidation sites excluding steroid dienone is 1. The third kappa shape index (κ3) is 14.0. The maximum absolute atomic E-state index is 12.1. The summed E-state index contributed by atoms with van der Waals surface area (Å²) in [6.07, 6.45) is 18.0. The number of hydrogen-bond donors (Lipinski definition) is 2. The third-order valence-electron chi connectivity index (χ3n) is 5.51. The van der Waals surface area contributed by atoms with Crippen molar-refractivity contribution in [1.82, 2.24) is 5.32 Å². The van der Waals surface area contributed by atoms with Gasteiger partial charge in [0.05, 0.1) is 17.7 Å². The van der Waals surface area contributed by atoms with Crippen LogP contribution in [0.3, 0.4) is 0 Å². The lowest BCUT2D eigenvalue weighted by molar-refractivity contribution is -0.120. The molecular formula is C27H43NO4. The van der Waals surface area contributed by atoms with Gasteiger partial charge in [-0.05, 0) is 25.0 Å². The van der Waals surface area contributed by atoms with Crippen LogP contribution < -0.4 is 5.32 Å². The van der Waals surface area contributed by atoms with Crippen molar-refractivity contribution in [2.24, 2.45) is 0 Å². The molecule has 2 N–H and O–H groups in total. The van der Waals surface area contributed by atoms with Crippen LogP contribution >= 0.6 is 0 Å². The van der Waals surface area contributed by atoms with Crippen LogP contribution in [0.15, 0.2) is 42.5 Å². The van der Waals surface area contributed by atoms with Crippen LogP contribution in [0.4, 0.5) is 0 Å². The number of ether oxygens (including phenoxy) is 1. The fourth-order valence-corrected chi connectivity index (χ4v) is 3.61. The minimum Gasteiger partial charge on any atom is -0.460 e. The van der Waals surface area contributed by atoms with Crippen LogP contribution in [0, 0.1) is 0 Å². The average Bonchev–Trinajstić information content (AvgIpc) is 2.79. The number of nitrogens with one attached hydrogen (secondary N) is 1. The fraction of sp³-hybridized carbons (Fsp3) is 0.630. The highest BCUT2D eigenvalue weighted by atomic mass is 16.5. The third-order valence-corrected chi connectivity index (χ3v) is 5.51. The smallest absolute Gasteiger partial charge is 0.338 e. The first-order chi connectivity index (χ1) is 15.5. The summed E-state index contributed by atoms with van der Waals surface area (Å²) in [4.78, 5) is 23.6. The highest BCUT2D eigenvalue weighted by molar-refractivity contribution is 5.89. The molecule has 0 radical (unpaired) electrons. The largest absolute Gasteiger partial charge is 0.460 e. The second-order valence-corrected chi connectivity index (χ2v) is 8.51. The Labute approximate surface area is 194 Å². The van der Waals surface area contributed by atoms with E-state index in [0.29, 0.717) is 5.56 Å². The van der Waals surface area contributed by atoms with Crippen molar-refractivity contribution in [3.05, 3.63) is 48.0 Å². The molecule has 0 saturated heterocycles. The number of esters is 1. The van der Waals surface area contributed by atoms with Crippen LogP contribution in [-0.4, -0.2) is 35.7 Å². The van der Waals surface area contributed by atoms with Gasteiger partial charge >= 0.3 is 5.97 Å². The van der Waals surface area contributed by atoms with Gasteiger partial charge in [0, 0.05) is 6.92 Å². The Balaban J connectivity index is 2.21. The van der Waals surface area contributed by atoms with Crippen molar-refractivity contribution in [1.29, 1.82) is 0 Å². The molecule has 1 amide bonds. The van der Waals surface area contributed by atoms with E-state index in [1.54, 1.807) is 30.3 Å². The van der Waals surface area contributed by atoms with Gasteiger partial charge in [0.2, 0.25) is 5.91 Å². The van der Waals surface area contributed by atoms with E-state index in [0.717, 1.165) is 12.8 Å². The molecule has 0 aliphatic heterocycles. The van der Waals surface area contributed by atoms with E-state index >= 15 is 0 Å². The normalized spacial score (nSPS) is 13.1. The lowest BCUT2D eigenvalue weighted by Crippen LogP contribution is -2.45. The van der Waals surface area contributed by atoms with E-state index in [2.05, 4.69) is 12.2 Å². The predicted octanol–water partition coefficient (Wildman–Crippen LogP) is 5.97. The number of aliphatic hydroxyl groups is 1. The highest BCUT2D eigenvalue weighted by Gasteiger charge is 2.20. The lowest BCUT2D eigenvalue weighted by Gasteiger charge is -2.21. The summed E-state index contributed by atoms with van der Waals surface area (Å²) in [5, 5.41) is 13.1. The lowest BCUT2D eigenvalue weighted by atomic mass is 10.0. The number of hydrogen-bond acceptors (Lipinski definition) is 4. The Bertz CT molecular complexity index is 644. The average molecular weight is 446 g/mol. The minimum absolute atomic E-state index is 0.0861. The molecule has 180 valence electrons. The molecule has 0 fully saturated rings. The molecule has 5 nitrogen and oxygen atoms in total. The van der Waals surface area contributed by atoms with Crippen molar-refractivity contribution in [3.8, 4) is 0 Å². The summed E-state index contributed by atoms with van der Waals surface area (Å²) < 4.78 is 5.28. The van der Waals surface area contributed by atoms with E-state index < -0.39 is 18.1 Å². The second-order valence-electron chi connectivity index (χ2n) is 8.51.